The van der Waals surface area contributed by atoms with Crippen molar-refractivity contribution in [3.8, 4) is 11.4 Å². The molecule has 196 valence electrons. The second kappa shape index (κ2) is 10.9. The van der Waals surface area contributed by atoms with Crippen molar-refractivity contribution in [2.45, 2.75) is 11.8 Å². The summed E-state index contributed by atoms with van der Waals surface area (Å²) in [6.07, 6.45) is 1.33. The molecule has 4 rings (SSSR count). The SMILES string of the molecule is COc1ccc(NS(=O)(=O)c2cc([N+](=O)[O-])ccc2NN=Cc2c(C)nn(-c3ccc(F)cc3)c2Cl)cc1. The first-order valence-electron chi connectivity index (χ1n) is 10.8. The molecule has 4 aromatic rings. The van der Waals surface area contributed by atoms with E-state index in [1.54, 1.807) is 19.1 Å². The lowest BCUT2D eigenvalue weighted by Gasteiger charge is -2.12. The van der Waals surface area contributed by atoms with Gasteiger partial charge in [-0.05, 0) is 61.5 Å². The van der Waals surface area contributed by atoms with E-state index in [-0.39, 0.29) is 16.5 Å². The molecule has 0 saturated carbocycles. The molecule has 0 radical (unpaired) electrons. The molecule has 3 aromatic carbocycles. The van der Waals surface area contributed by atoms with Crippen LogP contribution in [0.4, 0.5) is 21.5 Å². The molecule has 1 heterocycles. The van der Waals surface area contributed by atoms with E-state index in [1.807, 2.05) is 0 Å². The van der Waals surface area contributed by atoms with Crippen molar-refractivity contribution in [2.75, 3.05) is 17.3 Å². The number of hydrogen-bond donors (Lipinski definition) is 2. The molecule has 0 fully saturated rings. The lowest BCUT2D eigenvalue weighted by molar-refractivity contribution is -0.385. The third-order valence-electron chi connectivity index (χ3n) is 5.31. The number of benzene rings is 3. The van der Waals surface area contributed by atoms with Crippen LogP contribution in [0.2, 0.25) is 5.15 Å². The molecule has 1 aromatic heterocycles. The number of methoxy groups -OCH3 is 1. The number of sulfonamides is 1. The van der Waals surface area contributed by atoms with Crippen LogP contribution < -0.4 is 14.9 Å². The molecule has 11 nitrogen and oxygen atoms in total. The van der Waals surface area contributed by atoms with Crippen LogP contribution >= 0.6 is 11.6 Å². The second-order valence-electron chi connectivity index (χ2n) is 7.82. The van der Waals surface area contributed by atoms with Crippen molar-refractivity contribution in [3.05, 3.63) is 99.1 Å². The van der Waals surface area contributed by atoms with Crippen LogP contribution in [0.3, 0.4) is 0 Å². The van der Waals surface area contributed by atoms with Crippen molar-refractivity contribution in [1.82, 2.24) is 9.78 Å². The van der Waals surface area contributed by atoms with Crippen LogP contribution in [0.25, 0.3) is 5.69 Å². The Balaban J connectivity index is 1.63. The van der Waals surface area contributed by atoms with Crippen molar-refractivity contribution >= 4 is 44.9 Å². The van der Waals surface area contributed by atoms with E-state index in [0.29, 0.717) is 22.7 Å². The highest BCUT2D eigenvalue weighted by Crippen LogP contribution is 2.29. The van der Waals surface area contributed by atoms with E-state index in [4.69, 9.17) is 16.3 Å². The number of nitrogens with zero attached hydrogens (tertiary/aromatic N) is 4. The van der Waals surface area contributed by atoms with Crippen molar-refractivity contribution in [2.24, 2.45) is 5.10 Å². The maximum atomic E-state index is 13.3. The van der Waals surface area contributed by atoms with Crippen molar-refractivity contribution < 1.29 is 22.5 Å². The van der Waals surface area contributed by atoms with Crippen LogP contribution in [0.15, 0.2) is 76.7 Å². The largest absolute Gasteiger partial charge is 0.497 e. The number of hydrogen-bond acceptors (Lipinski definition) is 8. The van der Waals surface area contributed by atoms with E-state index >= 15 is 0 Å². The fourth-order valence-electron chi connectivity index (χ4n) is 3.39. The van der Waals surface area contributed by atoms with Crippen LogP contribution in [0, 0.1) is 22.9 Å². The molecular weight excluding hydrogens is 539 g/mol. The van der Waals surface area contributed by atoms with Crippen LogP contribution in [-0.2, 0) is 10.0 Å². The Hall–Kier alpha value is -4.49. The van der Waals surface area contributed by atoms with Crippen LogP contribution in [0.1, 0.15) is 11.3 Å². The van der Waals surface area contributed by atoms with Gasteiger partial charge in [0.1, 0.15) is 21.6 Å². The van der Waals surface area contributed by atoms with Gasteiger partial charge in [-0.25, -0.2) is 17.5 Å². The summed E-state index contributed by atoms with van der Waals surface area (Å²) in [6, 6.07) is 15.0. The molecule has 14 heteroatoms. The van der Waals surface area contributed by atoms with E-state index in [0.717, 1.165) is 12.1 Å². The predicted octanol–water partition coefficient (Wildman–Crippen LogP) is 5.14. The van der Waals surface area contributed by atoms with Gasteiger partial charge in [0.15, 0.2) is 0 Å². The lowest BCUT2D eigenvalue weighted by atomic mass is 10.3. The van der Waals surface area contributed by atoms with Gasteiger partial charge >= 0.3 is 0 Å². The maximum absolute atomic E-state index is 13.3. The van der Waals surface area contributed by atoms with Gasteiger partial charge in [-0.1, -0.05) is 11.6 Å². The zero-order valence-electron chi connectivity index (χ0n) is 19.9. The highest BCUT2D eigenvalue weighted by molar-refractivity contribution is 7.92. The van der Waals surface area contributed by atoms with Crippen LogP contribution in [-0.4, -0.2) is 36.4 Å². The third kappa shape index (κ3) is 5.74. The topological polar surface area (TPSA) is 141 Å². The number of rotatable bonds is 9. The average molecular weight is 559 g/mol. The number of halogens is 2. The molecule has 0 aliphatic carbocycles. The molecule has 2 N–H and O–H groups in total. The van der Waals surface area contributed by atoms with E-state index in [1.165, 1.54) is 60.5 Å². The Morgan fingerprint density at radius 2 is 1.82 bits per heavy atom. The number of ether oxygens (including phenoxy) is 1. The quantitative estimate of drug-likeness (QED) is 0.165. The molecule has 0 aliphatic rings. The average Bonchev–Trinajstić information content (AvgIpc) is 3.17. The Bertz CT molecular complexity index is 1620. The Morgan fingerprint density at radius 1 is 1.13 bits per heavy atom. The van der Waals surface area contributed by atoms with Gasteiger partial charge in [0.2, 0.25) is 0 Å². The van der Waals surface area contributed by atoms with Gasteiger partial charge in [-0.15, -0.1) is 0 Å². The summed E-state index contributed by atoms with van der Waals surface area (Å²) < 4.78 is 48.4. The predicted molar refractivity (Wildman–Crippen MR) is 141 cm³/mol. The summed E-state index contributed by atoms with van der Waals surface area (Å²) in [5.41, 5.74) is 3.85. The van der Waals surface area contributed by atoms with E-state index in [9.17, 15) is 22.9 Å². The number of aromatic nitrogens is 2. The first-order chi connectivity index (χ1) is 18.1. The van der Waals surface area contributed by atoms with Gasteiger partial charge in [-0.3, -0.25) is 20.3 Å². The summed E-state index contributed by atoms with van der Waals surface area (Å²) in [7, 11) is -2.80. The number of aryl methyl sites for hydroxylation is 1. The fourth-order valence-corrected chi connectivity index (χ4v) is 4.94. The van der Waals surface area contributed by atoms with Gasteiger partial charge in [0.25, 0.3) is 15.7 Å². The lowest BCUT2D eigenvalue weighted by Crippen LogP contribution is -2.15. The molecular formula is C24H20ClFN6O5S. The number of anilines is 2. The molecule has 0 bridgehead atoms. The molecule has 38 heavy (non-hydrogen) atoms. The number of hydrazone groups is 1. The fraction of sp³-hybridized carbons (Fsp3) is 0.0833. The smallest absolute Gasteiger partial charge is 0.270 e. The highest BCUT2D eigenvalue weighted by Gasteiger charge is 2.23. The highest BCUT2D eigenvalue weighted by atomic mass is 35.5. The summed E-state index contributed by atoms with van der Waals surface area (Å²) in [6.45, 7) is 1.69. The van der Waals surface area contributed by atoms with Crippen LogP contribution in [0.5, 0.6) is 5.75 Å². The molecule has 0 amide bonds. The van der Waals surface area contributed by atoms with Crippen molar-refractivity contribution in [1.29, 1.82) is 0 Å². The summed E-state index contributed by atoms with van der Waals surface area (Å²) in [5, 5.41) is 19.9. The summed E-state index contributed by atoms with van der Waals surface area (Å²) in [4.78, 5) is 10.2. The molecule has 0 aliphatic heterocycles. The maximum Gasteiger partial charge on any atom is 0.270 e. The number of nitro groups is 1. The minimum atomic E-state index is -4.27. The normalized spacial score (nSPS) is 11.5. The standard InChI is InChI=1S/C24H20ClFN6O5S/c1-15-21(24(25)31(29-15)18-7-3-16(26)4-8-18)14-27-28-22-12-9-19(32(33)34)13-23(22)38(35,36)30-17-5-10-20(37-2)11-6-17/h3-14,28,30H,1-2H3. The second-order valence-corrected chi connectivity index (χ2v) is 9.83. The van der Waals surface area contributed by atoms with Gasteiger partial charge in [0, 0.05) is 17.8 Å². The third-order valence-corrected chi connectivity index (χ3v) is 7.09. The van der Waals surface area contributed by atoms with Gasteiger partial charge < -0.3 is 4.74 Å². The number of nitro benzene ring substituents is 1. The Kier molecular flexibility index (Phi) is 7.60. The first-order valence-corrected chi connectivity index (χ1v) is 12.7. The first kappa shape index (κ1) is 26.6. The zero-order chi connectivity index (χ0) is 27.4. The minimum absolute atomic E-state index is 0.0208. The summed E-state index contributed by atoms with van der Waals surface area (Å²) >= 11 is 6.45. The summed E-state index contributed by atoms with van der Waals surface area (Å²) in [5.74, 6) is 0.117. The molecule has 0 saturated heterocycles. The Morgan fingerprint density at radius 3 is 2.45 bits per heavy atom. The van der Waals surface area contributed by atoms with Crippen molar-refractivity contribution in [3.63, 3.8) is 0 Å². The van der Waals surface area contributed by atoms with Gasteiger partial charge in [0.05, 0.1) is 40.9 Å². The Labute approximate surface area is 221 Å². The minimum Gasteiger partial charge on any atom is -0.497 e. The molecule has 0 unspecified atom stereocenters. The number of non-ortho nitro benzene ring substituents is 1. The monoisotopic (exact) mass is 558 g/mol. The molecule has 0 spiro atoms. The molecule has 0 atom stereocenters. The number of nitrogens with one attached hydrogen (secondary N) is 2. The van der Waals surface area contributed by atoms with E-state index < -0.39 is 31.3 Å². The zero-order valence-corrected chi connectivity index (χ0v) is 21.5. The van der Waals surface area contributed by atoms with Gasteiger partial charge in [-0.2, -0.15) is 10.2 Å². The van der Waals surface area contributed by atoms with E-state index in [2.05, 4.69) is 20.3 Å².